The molecule has 1 aliphatic carbocycles. The Morgan fingerprint density at radius 2 is 2.09 bits per heavy atom. The molecule has 2 aliphatic heterocycles. The predicted molar refractivity (Wildman–Crippen MR) is 124 cm³/mol. The second-order valence-electron chi connectivity index (χ2n) is 9.36. The lowest BCUT2D eigenvalue weighted by Gasteiger charge is -2.29. The highest BCUT2D eigenvalue weighted by atomic mass is 19.1. The number of cyclic esters (lactones) is 1. The van der Waals surface area contributed by atoms with Gasteiger partial charge in [0.2, 0.25) is 0 Å². The summed E-state index contributed by atoms with van der Waals surface area (Å²) in [4.78, 5) is 30.8. The second-order valence-corrected chi connectivity index (χ2v) is 9.36. The van der Waals surface area contributed by atoms with Gasteiger partial charge in [-0.1, -0.05) is 6.92 Å². The third-order valence-electron chi connectivity index (χ3n) is 7.67. The normalized spacial score (nSPS) is 20.2. The summed E-state index contributed by atoms with van der Waals surface area (Å²) in [6.07, 6.45) is 2.09. The Morgan fingerprint density at radius 1 is 1.26 bits per heavy atom. The summed E-state index contributed by atoms with van der Waals surface area (Å²) in [6, 6.07) is 3.43. The molecule has 7 nitrogen and oxygen atoms in total. The Labute approximate surface area is 195 Å². The molecule has 0 saturated carbocycles. The van der Waals surface area contributed by atoms with Crippen molar-refractivity contribution in [3.63, 3.8) is 0 Å². The lowest BCUT2D eigenvalue weighted by Crippen LogP contribution is -2.32. The molecule has 4 heterocycles. The van der Waals surface area contributed by atoms with E-state index in [0.29, 0.717) is 47.7 Å². The molecule has 0 saturated heterocycles. The van der Waals surface area contributed by atoms with Crippen molar-refractivity contribution in [1.29, 1.82) is 0 Å². The van der Waals surface area contributed by atoms with Crippen LogP contribution in [-0.2, 0) is 33.8 Å². The first-order valence-corrected chi connectivity index (χ1v) is 11.7. The average Bonchev–Trinajstić information content (AvgIpc) is 3.20. The van der Waals surface area contributed by atoms with Crippen molar-refractivity contribution in [2.45, 2.75) is 58.2 Å². The van der Waals surface area contributed by atoms with Crippen LogP contribution in [0.15, 0.2) is 16.9 Å². The van der Waals surface area contributed by atoms with Crippen molar-refractivity contribution in [3.8, 4) is 11.4 Å². The summed E-state index contributed by atoms with van der Waals surface area (Å²) in [5.74, 6) is -1.03. The molecule has 8 heteroatoms. The molecular weight excluding hydrogens is 437 g/mol. The summed E-state index contributed by atoms with van der Waals surface area (Å²) < 4.78 is 27.2. The molecule has 3 aromatic rings. The molecule has 176 valence electrons. The van der Waals surface area contributed by atoms with Gasteiger partial charge in [0.15, 0.2) is 0 Å². The van der Waals surface area contributed by atoms with Crippen LogP contribution < -0.4 is 10.9 Å². The summed E-state index contributed by atoms with van der Waals surface area (Å²) in [5, 5.41) is 4.44. The van der Waals surface area contributed by atoms with Crippen molar-refractivity contribution in [3.05, 3.63) is 61.7 Å². The Bertz CT molecular complexity index is 1440. The highest BCUT2D eigenvalue weighted by Crippen LogP contribution is 2.45. The summed E-state index contributed by atoms with van der Waals surface area (Å²) in [6.45, 7) is 4.50. The van der Waals surface area contributed by atoms with Crippen molar-refractivity contribution < 1.29 is 18.7 Å². The smallest absolute Gasteiger partial charge is 0.313 e. The van der Waals surface area contributed by atoms with Crippen molar-refractivity contribution in [2.75, 3.05) is 13.8 Å². The SMILES string of the molecule is CC[C@H]1C(=O)OCc2c1cc1n(c2=O)Cc2c-1nc1cc(F)c(C)c3c1c2[C@@H](NCOC)CC3. The third kappa shape index (κ3) is 2.85. The number of ether oxygens (including phenoxy) is 2. The van der Waals surface area contributed by atoms with Crippen LogP contribution in [0.2, 0.25) is 0 Å². The van der Waals surface area contributed by atoms with E-state index in [4.69, 9.17) is 14.5 Å². The maximum absolute atomic E-state index is 14.8. The first-order chi connectivity index (χ1) is 16.4. The quantitative estimate of drug-likeness (QED) is 0.368. The lowest BCUT2D eigenvalue weighted by atomic mass is 9.82. The highest BCUT2D eigenvalue weighted by molar-refractivity contribution is 5.93. The minimum absolute atomic E-state index is 0.00417. The number of hydrogen-bond acceptors (Lipinski definition) is 6. The van der Waals surface area contributed by atoms with Gasteiger partial charge in [0.1, 0.15) is 12.4 Å². The number of carbonyl (C=O) groups is 1. The number of halogens is 1. The molecule has 2 aromatic heterocycles. The van der Waals surface area contributed by atoms with E-state index in [9.17, 15) is 14.0 Å². The molecule has 1 aromatic carbocycles. The molecule has 34 heavy (non-hydrogen) atoms. The molecule has 0 bridgehead atoms. The van der Waals surface area contributed by atoms with Gasteiger partial charge in [-0.15, -0.1) is 0 Å². The lowest BCUT2D eigenvalue weighted by molar-refractivity contribution is -0.148. The predicted octanol–water partition coefficient (Wildman–Crippen LogP) is 3.60. The van der Waals surface area contributed by atoms with E-state index in [0.717, 1.165) is 40.5 Å². The molecule has 0 spiro atoms. The second kappa shape index (κ2) is 7.71. The fraction of sp³-hybridized carbons (Fsp3) is 0.423. The van der Waals surface area contributed by atoms with E-state index < -0.39 is 5.92 Å². The molecule has 0 radical (unpaired) electrons. The van der Waals surface area contributed by atoms with Crippen LogP contribution in [0.1, 0.15) is 65.1 Å². The van der Waals surface area contributed by atoms with Crippen LogP contribution in [0.5, 0.6) is 0 Å². The van der Waals surface area contributed by atoms with Crippen LogP contribution >= 0.6 is 0 Å². The third-order valence-corrected chi connectivity index (χ3v) is 7.67. The van der Waals surface area contributed by atoms with Crippen LogP contribution in [0, 0.1) is 12.7 Å². The van der Waals surface area contributed by atoms with Gasteiger partial charge in [0, 0.05) is 30.2 Å². The van der Waals surface area contributed by atoms with Gasteiger partial charge in [-0.2, -0.15) is 0 Å². The molecule has 1 N–H and O–H groups in total. The van der Waals surface area contributed by atoms with Gasteiger partial charge in [-0.05, 0) is 54.5 Å². The van der Waals surface area contributed by atoms with Gasteiger partial charge >= 0.3 is 5.97 Å². The molecule has 0 amide bonds. The largest absolute Gasteiger partial charge is 0.460 e. The first-order valence-electron chi connectivity index (χ1n) is 11.7. The monoisotopic (exact) mass is 463 g/mol. The van der Waals surface area contributed by atoms with Crippen LogP contribution in [-0.4, -0.2) is 29.4 Å². The maximum Gasteiger partial charge on any atom is 0.313 e. The first kappa shape index (κ1) is 21.4. The fourth-order valence-electron chi connectivity index (χ4n) is 5.96. The number of aryl methyl sites for hydroxylation is 1. The zero-order valence-electron chi connectivity index (χ0n) is 19.5. The number of aromatic nitrogens is 2. The number of fused-ring (bicyclic) bond motifs is 5. The number of nitrogens with one attached hydrogen (secondary N) is 1. The van der Waals surface area contributed by atoms with E-state index in [1.54, 1.807) is 11.7 Å². The van der Waals surface area contributed by atoms with Crippen molar-refractivity contribution in [1.82, 2.24) is 14.9 Å². The van der Waals surface area contributed by atoms with E-state index in [1.807, 2.05) is 19.9 Å². The highest BCUT2D eigenvalue weighted by Gasteiger charge is 2.37. The molecule has 0 unspecified atom stereocenters. The Balaban J connectivity index is 1.65. The van der Waals surface area contributed by atoms with E-state index in [-0.39, 0.29) is 30.0 Å². The van der Waals surface area contributed by atoms with E-state index >= 15 is 0 Å². The summed E-state index contributed by atoms with van der Waals surface area (Å²) in [7, 11) is 1.64. The van der Waals surface area contributed by atoms with Crippen LogP contribution in [0.3, 0.4) is 0 Å². The molecule has 2 atom stereocenters. The average molecular weight is 464 g/mol. The molecule has 0 fully saturated rings. The minimum atomic E-state index is -0.465. The minimum Gasteiger partial charge on any atom is -0.460 e. The van der Waals surface area contributed by atoms with Gasteiger partial charge < -0.3 is 14.0 Å². The van der Waals surface area contributed by atoms with Crippen LogP contribution in [0.4, 0.5) is 4.39 Å². The van der Waals surface area contributed by atoms with Crippen molar-refractivity contribution in [2.24, 2.45) is 0 Å². The summed E-state index contributed by atoms with van der Waals surface area (Å²) >= 11 is 0. The zero-order chi connectivity index (χ0) is 23.7. The van der Waals surface area contributed by atoms with E-state index in [2.05, 4.69) is 5.32 Å². The van der Waals surface area contributed by atoms with Crippen LogP contribution in [0.25, 0.3) is 22.3 Å². The number of hydrogen-bond donors (Lipinski definition) is 1. The topological polar surface area (TPSA) is 82.5 Å². The Hall–Kier alpha value is -3.10. The fourth-order valence-corrected chi connectivity index (χ4v) is 5.96. The number of pyridine rings is 2. The van der Waals surface area contributed by atoms with Gasteiger partial charge in [-0.25, -0.2) is 9.37 Å². The standard InChI is InChI=1S/C26H26FN3O4/c1-4-13-15-7-21-24-16(9-30(21)25(31)17(15)10-34-26(13)32)23-19(28-11-33-3)6-5-14-12(2)18(27)8-20(29-24)22(14)23/h7-8,13,19,28H,4-6,9-11H2,1-3H3/t13-,19+/m1/s1. The zero-order valence-corrected chi connectivity index (χ0v) is 19.5. The van der Waals surface area contributed by atoms with Gasteiger partial charge in [0.05, 0.1) is 41.7 Å². The number of rotatable bonds is 4. The summed E-state index contributed by atoms with van der Waals surface area (Å²) in [5.41, 5.74) is 6.79. The Kier molecular flexibility index (Phi) is 4.86. The number of nitrogens with zero attached hydrogens (tertiary/aromatic N) is 2. The van der Waals surface area contributed by atoms with Gasteiger partial charge in [-0.3, -0.25) is 14.9 Å². The van der Waals surface area contributed by atoms with Crippen molar-refractivity contribution >= 4 is 16.9 Å². The van der Waals surface area contributed by atoms with E-state index in [1.165, 1.54) is 6.07 Å². The number of benzene rings is 1. The Morgan fingerprint density at radius 3 is 2.85 bits per heavy atom. The molecular formula is C26H26FN3O4. The number of esters is 1. The molecule has 3 aliphatic rings. The molecule has 6 rings (SSSR count). The number of carbonyl (C=O) groups excluding carboxylic acids is 1. The van der Waals surface area contributed by atoms with Gasteiger partial charge in [0.25, 0.3) is 5.56 Å². The maximum atomic E-state index is 14.8. The number of methoxy groups -OCH3 is 1.